The number of phenols is 1. The van der Waals surface area contributed by atoms with Crippen LogP contribution in [0.2, 0.25) is 0 Å². The van der Waals surface area contributed by atoms with Crippen molar-refractivity contribution in [2.45, 2.75) is 107 Å². The van der Waals surface area contributed by atoms with Crippen LogP contribution in [0.4, 0.5) is 5.69 Å². The Balaban J connectivity index is 1.07. The molecule has 4 unspecified atom stereocenters. The van der Waals surface area contributed by atoms with Gasteiger partial charge in [0.15, 0.2) is 23.5 Å². The van der Waals surface area contributed by atoms with Crippen molar-refractivity contribution in [1.29, 1.82) is 0 Å². The third-order valence-corrected chi connectivity index (χ3v) is 14.1. The lowest BCUT2D eigenvalue weighted by Gasteiger charge is -2.42. The average molecular weight is 807 g/mol. The fourth-order valence-electron chi connectivity index (χ4n) is 11.2. The van der Waals surface area contributed by atoms with Gasteiger partial charge in [0.1, 0.15) is 17.2 Å². The molecule has 0 bridgehead atoms. The van der Waals surface area contributed by atoms with Gasteiger partial charge in [0.2, 0.25) is 5.75 Å². The zero-order valence-electron chi connectivity index (χ0n) is 34.4. The van der Waals surface area contributed by atoms with E-state index >= 15 is 0 Å². The van der Waals surface area contributed by atoms with E-state index in [-0.39, 0.29) is 48.4 Å². The van der Waals surface area contributed by atoms with Crippen LogP contribution >= 0.6 is 0 Å². The van der Waals surface area contributed by atoms with Crippen LogP contribution in [0.5, 0.6) is 34.5 Å². The largest absolute Gasteiger partial charge is 0.502 e. The number of aliphatic hydroxyl groups is 3. The summed E-state index contributed by atoms with van der Waals surface area (Å²) in [6, 6.07) is 17.7. The van der Waals surface area contributed by atoms with Crippen molar-refractivity contribution in [3.8, 4) is 45.6 Å². The molecule has 2 heterocycles. The second-order valence-electron chi connectivity index (χ2n) is 17.1. The molecule has 0 spiro atoms. The first kappa shape index (κ1) is 39.8. The number of phenolic OH excluding ortho intramolecular Hbond substituents is 1. The van der Waals surface area contributed by atoms with E-state index in [4.69, 9.17) is 23.7 Å². The number of fused-ring (bicyclic) bond motifs is 2. The Hall–Kier alpha value is -4.68. The number of benzene rings is 4. The summed E-state index contributed by atoms with van der Waals surface area (Å²) in [6.07, 6.45) is 8.35. The molecule has 6 N–H and O–H groups in total. The van der Waals surface area contributed by atoms with Gasteiger partial charge in [-0.25, -0.2) is 0 Å². The molecule has 3 aliphatic carbocycles. The zero-order valence-corrected chi connectivity index (χ0v) is 34.4. The maximum atomic E-state index is 12.5. The lowest BCUT2D eigenvalue weighted by atomic mass is 9.69. The molecule has 9 rings (SSSR count). The summed E-state index contributed by atoms with van der Waals surface area (Å²) in [6.45, 7) is 3.15. The second-order valence-corrected chi connectivity index (χ2v) is 17.1. The number of aromatic hydroxyl groups is 1. The van der Waals surface area contributed by atoms with E-state index in [2.05, 4.69) is 29.7 Å². The molecule has 59 heavy (non-hydrogen) atoms. The van der Waals surface area contributed by atoms with Crippen molar-refractivity contribution < 1.29 is 44.1 Å². The van der Waals surface area contributed by atoms with Gasteiger partial charge in [0.25, 0.3) is 0 Å². The van der Waals surface area contributed by atoms with E-state index in [0.717, 1.165) is 85.9 Å². The van der Waals surface area contributed by atoms with E-state index in [0.29, 0.717) is 46.8 Å². The SMILES string of the molecule is CCNC1(Oc2cc(OC)c3c4c2C(O)Nc2cc5c(c(c2-4)CC3)C(O)C(c2cc(OC)c(O)c(OCC(CO)C3(c4ccccc4)CCCC3)c2)CO5)CCCCC1. The number of methoxy groups -OCH3 is 2. The summed E-state index contributed by atoms with van der Waals surface area (Å²) in [5.74, 6) is 1.48. The van der Waals surface area contributed by atoms with E-state index in [1.807, 2.05) is 30.3 Å². The van der Waals surface area contributed by atoms with Crippen LogP contribution in [0.25, 0.3) is 11.1 Å². The highest BCUT2D eigenvalue weighted by Gasteiger charge is 2.45. The Morgan fingerprint density at radius 1 is 0.831 bits per heavy atom. The molecule has 11 heteroatoms. The Morgan fingerprint density at radius 2 is 1.54 bits per heavy atom. The third kappa shape index (κ3) is 6.74. The molecule has 0 aromatic heterocycles. The number of ether oxygens (including phenoxy) is 5. The van der Waals surface area contributed by atoms with Gasteiger partial charge in [-0.2, -0.15) is 0 Å². The normalized spacial score (nSPS) is 22.6. The van der Waals surface area contributed by atoms with Gasteiger partial charge in [0.05, 0.1) is 39.1 Å². The van der Waals surface area contributed by atoms with Crippen molar-refractivity contribution in [2.75, 3.05) is 45.9 Å². The molecular weight excluding hydrogens is 749 g/mol. The lowest BCUT2D eigenvalue weighted by Crippen LogP contribution is -2.51. The van der Waals surface area contributed by atoms with Crippen molar-refractivity contribution in [3.63, 3.8) is 0 Å². The quantitative estimate of drug-likeness (QED) is 0.0731. The van der Waals surface area contributed by atoms with Gasteiger partial charge >= 0.3 is 0 Å². The van der Waals surface area contributed by atoms with Crippen LogP contribution in [0.15, 0.2) is 54.6 Å². The first-order valence-electron chi connectivity index (χ1n) is 21.6. The molecule has 0 radical (unpaired) electrons. The Labute approximate surface area is 346 Å². The Kier molecular flexibility index (Phi) is 10.8. The minimum atomic E-state index is -1.03. The number of anilines is 1. The minimum Gasteiger partial charge on any atom is -0.502 e. The Bertz CT molecular complexity index is 2170. The van der Waals surface area contributed by atoms with E-state index in [1.54, 1.807) is 19.2 Å². The molecule has 5 aliphatic rings. The maximum absolute atomic E-state index is 12.5. The van der Waals surface area contributed by atoms with Crippen LogP contribution in [0, 0.1) is 5.92 Å². The summed E-state index contributed by atoms with van der Waals surface area (Å²) >= 11 is 0. The standard InChI is InChI=1S/C48H58N2O9/c1-4-49-48(19-9-6-10-20-48)59-37-24-35(55-2)31-15-16-32-40-34(50-46(54)43(37)42(31)40)23-36-41(32)44(52)33(27-58-36)28-21-38(56-3)45(53)39(22-28)57-26-30(25-51)47(17-11-12-18-47)29-13-7-5-8-14-29/h5,7-8,13-14,21-24,30,33,44,46,49-54H,4,6,9-12,15-20,25-27H2,1-3H3. The zero-order chi connectivity index (χ0) is 40.9. The molecular formula is C48H58N2O9. The summed E-state index contributed by atoms with van der Waals surface area (Å²) in [5.41, 5.74) is 7.01. The highest BCUT2D eigenvalue weighted by molar-refractivity contribution is 5.93. The van der Waals surface area contributed by atoms with Crippen LogP contribution in [0.3, 0.4) is 0 Å². The molecule has 4 atom stereocenters. The van der Waals surface area contributed by atoms with Crippen LogP contribution in [0.1, 0.15) is 116 Å². The molecule has 2 aliphatic heterocycles. The fraction of sp³-hybridized carbons (Fsp3) is 0.500. The van der Waals surface area contributed by atoms with Crippen LogP contribution in [-0.2, 0) is 18.3 Å². The maximum Gasteiger partial charge on any atom is 0.200 e. The van der Waals surface area contributed by atoms with Crippen molar-refractivity contribution in [3.05, 3.63) is 88.0 Å². The molecule has 11 nitrogen and oxygen atoms in total. The summed E-state index contributed by atoms with van der Waals surface area (Å²) < 4.78 is 31.6. The van der Waals surface area contributed by atoms with Gasteiger partial charge in [0, 0.05) is 76.8 Å². The van der Waals surface area contributed by atoms with E-state index in [1.165, 1.54) is 19.1 Å². The van der Waals surface area contributed by atoms with Gasteiger partial charge in [-0.3, -0.25) is 5.32 Å². The van der Waals surface area contributed by atoms with Gasteiger partial charge < -0.3 is 49.4 Å². The predicted molar refractivity (Wildman–Crippen MR) is 225 cm³/mol. The van der Waals surface area contributed by atoms with Gasteiger partial charge in [-0.1, -0.05) is 56.5 Å². The molecule has 314 valence electrons. The number of aliphatic hydroxyl groups excluding tert-OH is 3. The van der Waals surface area contributed by atoms with E-state index in [9.17, 15) is 20.4 Å². The fourth-order valence-corrected chi connectivity index (χ4v) is 11.2. The first-order valence-corrected chi connectivity index (χ1v) is 21.6. The van der Waals surface area contributed by atoms with Crippen molar-refractivity contribution in [2.24, 2.45) is 5.92 Å². The van der Waals surface area contributed by atoms with Crippen LogP contribution in [-0.4, -0.2) is 66.7 Å². The molecule has 2 fully saturated rings. The smallest absolute Gasteiger partial charge is 0.200 e. The number of hydrogen-bond donors (Lipinski definition) is 6. The van der Waals surface area contributed by atoms with Crippen LogP contribution < -0.4 is 34.3 Å². The second kappa shape index (κ2) is 16.1. The summed E-state index contributed by atoms with van der Waals surface area (Å²) in [5, 5.41) is 53.4. The highest BCUT2D eigenvalue weighted by Crippen LogP contribution is 2.58. The van der Waals surface area contributed by atoms with Gasteiger partial charge in [-0.05, 0) is 73.9 Å². The number of hydrogen-bond acceptors (Lipinski definition) is 11. The van der Waals surface area contributed by atoms with E-state index < -0.39 is 24.0 Å². The first-order chi connectivity index (χ1) is 28.7. The molecule has 4 aromatic rings. The molecule has 4 aromatic carbocycles. The summed E-state index contributed by atoms with van der Waals surface area (Å²) in [7, 11) is 3.17. The molecule has 0 saturated heterocycles. The lowest BCUT2D eigenvalue weighted by molar-refractivity contribution is -0.00334. The van der Waals surface area contributed by atoms with Gasteiger partial charge in [-0.15, -0.1) is 0 Å². The molecule has 2 saturated carbocycles. The van der Waals surface area contributed by atoms with Crippen molar-refractivity contribution in [1.82, 2.24) is 5.32 Å². The number of rotatable bonds is 13. The number of nitrogens with one attached hydrogen (secondary N) is 2. The topological polar surface area (TPSA) is 151 Å². The average Bonchev–Trinajstić information content (AvgIpc) is 3.75. The highest BCUT2D eigenvalue weighted by atomic mass is 16.5. The Morgan fingerprint density at radius 3 is 2.25 bits per heavy atom. The predicted octanol–water partition coefficient (Wildman–Crippen LogP) is 7.95. The minimum absolute atomic E-state index is 0.0573. The monoisotopic (exact) mass is 806 g/mol. The summed E-state index contributed by atoms with van der Waals surface area (Å²) in [4.78, 5) is 0. The third-order valence-electron chi connectivity index (χ3n) is 14.1. The van der Waals surface area contributed by atoms with Crippen molar-refractivity contribution >= 4 is 5.69 Å². The molecule has 0 amide bonds.